The van der Waals surface area contributed by atoms with Crippen LogP contribution in [0, 0.1) is 6.92 Å². The van der Waals surface area contributed by atoms with Crippen molar-refractivity contribution >= 4 is 39.9 Å². The highest BCUT2D eigenvalue weighted by Gasteiger charge is 2.29. The molecule has 0 heterocycles. The number of sulfonamides is 1. The van der Waals surface area contributed by atoms with Crippen LogP contribution in [0.2, 0.25) is 0 Å². The maximum absolute atomic E-state index is 12.3. The number of benzene rings is 2. The lowest BCUT2D eigenvalue weighted by molar-refractivity contribution is 0.593. The number of hydrogen-bond donors (Lipinski definition) is 1. The van der Waals surface area contributed by atoms with Crippen molar-refractivity contribution in [1.29, 1.82) is 0 Å². The number of aryl methyl sites for hydroxylation is 1. The molecule has 1 N–H and O–H groups in total. The molecule has 128 valence electrons. The highest BCUT2D eigenvalue weighted by atomic mass is 32.2. The van der Waals surface area contributed by atoms with E-state index in [4.69, 9.17) is 0 Å². The van der Waals surface area contributed by atoms with Crippen LogP contribution in [0.3, 0.4) is 0 Å². The van der Waals surface area contributed by atoms with Gasteiger partial charge in [-0.25, -0.2) is 13.4 Å². The van der Waals surface area contributed by atoms with Gasteiger partial charge in [-0.05, 0) is 37.1 Å². The lowest BCUT2D eigenvalue weighted by Gasteiger charge is -2.26. The van der Waals surface area contributed by atoms with Gasteiger partial charge in [-0.15, -0.1) is 23.5 Å². The van der Waals surface area contributed by atoms with Crippen molar-refractivity contribution in [3.63, 3.8) is 0 Å². The lowest BCUT2D eigenvalue weighted by atomic mass is 10.2. The van der Waals surface area contributed by atoms with Crippen LogP contribution in [0.15, 0.2) is 64.5 Å². The van der Waals surface area contributed by atoms with Crippen LogP contribution < -0.4 is 4.72 Å². The van der Waals surface area contributed by atoms with Crippen LogP contribution in [-0.2, 0) is 14.2 Å². The summed E-state index contributed by atoms with van der Waals surface area (Å²) in [5, 5.41) is 0. The molecule has 2 rings (SSSR count). The molecule has 0 saturated carbocycles. The Kier molecular flexibility index (Phi) is 6.37. The van der Waals surface area contributed by atoms with Crippen LogP contribution in [0.4, 0.5) is 0 Å². The molecular formula is C17H20N2O2S3. The second-order valence-corrected chi connectivity index (χ2v) is 9.02. The van der Waals surface area contributed by atoms with Crippen molar-refractivity contribution in [1.82, 2.24) is 4.72 Å². The molecule has 0 aliphatic heterocycles. The predicted octanol–water partition coefficient (Wildman–Crippen LogP) is 3.84. The number of rotatable bonds is 7. The van der Waals surface area contributed by atoms with Crippen LogP contribution in [-0.4, -0.2) is 27.3 Å². The largest absolute Gasteiger partial charge is 0.270 e. The number of thioether (sulfide) groups is 2. The van der Waals surface area contributed by atoms with Gasteiger partial charge in [-0.1, -0.05) is 48.0 Å². The van der Waals surface area contributed by atoms with Gasteiger partial charge in [0.1, 0.15) is 0 Å². The van der Waals surface area contributed by atoms with E-state index in [9.17, 15) is 8.42 Å². The molecule has 2 aromatic rings. The Morgan fingerprint density at radius 3 is 2.12 bits per heavy atom. The number of aliphatic imine (C=N–C) groups is 1. The van der Waals surface area contributed by atoms with E-state index in [1.54, 1.807) is 47.8 Å². The predicted molar refractivity (Wildman–Crippen MR) is 105 cm³/mol. The molecule has 0 fully saturated rings. The second kappa shape index (κ2) is 8.09. The van der Waals surface area contributed by atoms with Crippen LogP contribution in [0.1, 0.15) is 11.1 Å². The highest BCUT2D eigenvalue weighted by Crippen LogP contribution is 2.44. The fourth-order valence-electron chi connectivity index (χ4n) is 2.11. The van der Waals surface area contributed by atoms with E-state index in [2.05, 4.69) is 9.71 Å². The van der Waals surface area contributed by atoms with Crippen molar-refractivity contribution in [2.24, 2.45) is 4.99 Å². The Labute approximate surface area is 152 Å². The molecule has 0 aliphatic carbocycles. The van der Waals surface area contributed by atoms with Crippen molar-refractivity contribution in [2.45, 2.75) is 16.0 Å². The molecule has 2 aromatic carbocycles. The summed E-state index contributed by atoms with van der Waals surface area (Å²) in [6, 6.07) is 16.5. The summed E-state index contributed by atoms with van der Waals surface area (Å²) in [5.74, 6) is 0. The van der Waals surface area contributed by atoms with E-state index in [0.29, 0.717) is 0 Å². The SMILES string of the molecule is CSC(/N=C/NS(=O)(=O)c1ccc(C)cc1)(SC)c1ccccc1. The van der Waals surface area contributed by atoms with Gasteiger partial charge in [-0.3, -0.25) is 4.72 Å². The van der Waals surface area contributed by atoms with E-state index < -0.39 is 14.2 Å². The van der Waals surface area contributed by atoms with Crippen molar-refractivity contribution in [2.75, 3.05) is 12.5 Å². The van der Waals surface area contributed by atoms with E-state index in [0.717, 1.165) is 11.1 Å². The first kappa shape index (κ1) is 18.9. The first-order valence-corrected chi connectivity index (χ1v) is 11.2. The van der Waals surface area contributed by atoms with E-state index in [1.807, 2.05) is 49.8 Å². The molecule has 0 radical (unpaired) electrons. The van der Waals surface area contributed by atoms with E-state index >= 15 is 0 Å². The summed E-state index contributed by atoms with van der Waals surface area (Å²) >= 11 is 3.10. The molecule has 0 amide bonds. The zero-order chi connectivity index (χ0) is 17.6. The molecule has 7 heteroatoms. The minimum atomic E-state index is -3.62. The average molecular weight is 381 g/mol. The number of hydrogen-bond acceptors (Lipinski definition) is 5. The van der Waals surface area contributed by atoms with Gasteiger partial charge in [0.15, 0.2) is 4.20 Å². The fraction of sp³-hybridized carbons (Fsp3) is 0.235. The summed E-state index contributed by atoms with van der Waals surface area (Å²) in [6.45, 7) is 1.91. The second-order valence-electron chi connectivity index (χ2n) is 5.05. The Balaban J connectivity index is 2.23. The van der Waals surface area contributed by atoms with Gasteiger partial charge in [0.25, 0.3) is 10.0 Å². The van der Waals surface area contributed by atoms with E-state index in [1.165, 1.54) is 6.34 Å². The van der Waals surface area contributed by atoms with Gasteiger partial charge in [0.05, 0.1) is 11.2 Å². The summed E-state index contributed by atoms with van der Waals surface area (Å²) in [4.78, 5) is 4.72. The van der Waals surface area contributed by atoms with Gasteiger partial charge >= 0.3 is 0 Å². The average Bonchev–Trinajstić information content (AvgIpc) is 2.60. The zero-order valence-electron chi connectivity index (χ0n) is 13.8. The molecule has 4 nitrogen and oxygen atoms in total. The maximum Gasteiger partial charge on any atom is 0.262 e. The van der Waals surface area contributed by atoms with E-state index in [-0.39, 0.29) is 4.90 Å². The van der Waals surface area contributed by atoms with Crippen molar-refractivity contribution in [3.05, 3.63) is 65.7 Å². The number of nitrogens with zero attached hydrogens (tertiary/aromatic N) is 1. The third-order valence-electron chi connectivity index (χ3n) is 3.47. The molecule has 0 spiro atoms. The third kappa shape index (κ3) is 4.34. The van der Waals surface area contributed by atoms with Gasteiger partial charge in [0.2, 0.25) is 0 Å². The smallest absolute Gasteiger partial charge is 0.262 e. The van der Waals surface area contributed by atoms with Crippen LogP contribution in [0.5, 0.6) is 0 Å². The first-order chi connectivity index (χ1) is 11.4. The van der Waals surface area contributed by atoms with Gasteiger partial charge in [0, 0.05) is 0 Å². The van der Waals surface area contributed by atoms with Crippen LogP contribution >= 0.6 is 23.5 Å². The Bertz CT molecular complexity index is 784. The van der Waals surface area contributed by atoms with Gasteiger partial charge < -0.3 is 0 Å². The Morgan fingerprint density at radius 2 is 1.58 bits per heavy atom. The monoisotopic (exact) mass is 380 g/mol. The molecule has 0 aromatic heterocycles. The topological polar surface area (TPSA) is 58.5 Å². The third-order valence-corrected chi connectivity index (χ3v) is 7.56. The zero-order valence-corrected chi connectivity index (χ0v) is 16.2. The molecular weight excluding hydrogens is 360 g/mol. The van der Waals surface area contributed by atoms with Crippen molar-refractivity contribution in [3.8, 4) is 0 Å². The molecule has 0 bridgehead atoms. The highest BCUT2D eigenvalue weighted by molar-refractivity contribution is 8.16. The minimum Gasteiger partial charge on any atom is -0.270 e. The normalized spacial score (nSPS) is 12.5. The quantitative estimate of drug-likeness (QED) is 0.450. The Morgan fingerprint density at radius 1 is 1.00 bits per heavy atom. The fourth-order valence-corrected chi connectivity index (χ4v) is 4.66. The lowest BCUT2D eigenvalue weighted by Crippen LogP contribution is -2.24. The standard InChI is InChI=1S/C17H20N2O2S3/c1-14-9-11-16(12-10-14)24(20,21)19-13-18-17(22-2,23-3)15-7-5-4-6-8-15/h4-13H,1-3H3,(H,18,19). The molecule has 24 heavy (non-hydrogen) atoms. The Hall–Kier alpha value is -1.44. The summed E-state index contributed by atoms with van der Waals surface area (Å²) in [7, 11) is -3.62. The number of nitrogens with one attached hydrogen (secondary N) is 1. The summed E-state index contributed by atoms with van der Waals surface area (Å²) in [5.41, 5.74) is 2.02. The molecule has 0 aliphatic rings. The molecule has 0 atom stereocenters. The maximum atomic E-state index is 12.3. The summed E-state index contributed by atoms with van der Waals surface area (Å²) in [6.07, 6.45) is 5.18. The molecule has 0 unspecified atom stereocenters. The minimum absolute atomic E-state index is 0.221. The van der Waals surface area contributed by atoms with Gasteiger partial charge in [-0.2, -0.15) is 0 Å². The van der Waals surface area contributed by atoms with Crippen LogP contribution in [0.25, 0.3) is 0 Å². The first-order valence-electron chi connectivity index (χ1n) is 7.22. The van der Waals surface area contributed by atoms with Crippen molar-refractivity contribution < 1.29 is 8.42 Å². The molecule has 0 saturated heterocycles. The summed E-state index contributed by atoms with van der Waals surface area (Å²) < 4.78 is 26.5.